The Kier molecular flexibility index (Phi) is 8.08. The van der Waals surface area contributed by atoms with Crippen LogP contribution in [-0.4, -0.2) is 54.4 Å². The van der Waals surface area contributed by atoms with Gasteiger partial charge in [-0.3, -0.25) is 4.79 Å². The molecule has 0 aliphatic carbocycles. The van der Waals surface area contributed by atoms with E-state index in [0.29, 0.717) is 19.4 Å². The molecule has 1 saturated heterocycles. The highest BCUT2D eigenvalue weighted by molar-refractivity contribution is 5.76. The van der Waals surface area contributed by atoms with Gasteiger partial charge in [-0.25, -0.2) is 9.59 Å². The van der Waals surface area contributed by atoms with Gasteiger partial charge in [-0.1, -0.05) is 37.3 Å². The van der Waals surface area contributed by atoms with Crippen LogP contribution in [-0.2, 0) is 25.6 Å². The monoisotopic (exact) mass is 420 g/mol. The Labute approximate surface area is 177 Å². The van der Waals surface area contributed by atoms with Crippen molar-refractivity contribution in [3.63, 3.8) is 0 Å². The van der Waals surface area contributed by atoms with Crippen molar-refractivity contribution < 1.29 is 28.6 Å². The standard InChI is InChI=1S/C22H32N2O6/c1-6-16(19(25)28-5)18-17(23-20(26)30-22(2,3)4)12-13-24(18)21(27)29-14-15-10-8-7-9-11-15/h7-11,16-18H,6,12-14H2,1-5H3,(H,23,26)/t16-,17+,18-/m1/s1. The Morgan fingerprint density at radius 1 is 1.20 bits per heavy atom. The van der Waals surface area contributed by atoms with Gasteiger partial charge in [0, 0.05) is 6.54 Å². The molecule has 2 amide bonds. The number of methoxy groups -OCH3 is 1. The maximum absolute atomic E-state index is 12.8. The smallest absolute Gasteiger partial charge is 0.410 e. The summed E-state index contributed by atoms with van der Waals surface area (Å²) < 4.78 is 15.8. The largest absolute Gasteiger partial charge is 0.469 e. The van der Waals surface area contributed by atoms with Gasteiger partial charge in [0.05, 0.1) is 25.1 Å². The van der Waals surface area contributed by atoms with E-state index in [0.717, 1.165) is 5.56 Å². The van der Waals surface area contributed by atoms with E-state index in [1.54, 1.807) is 20.8 Å². The number of rotatable bonds is 6. The van der Waals surface area contributed by atoms with E-state index in [1.807, 2.05) is 37.3 Å². The molecule has 0 radical (unpaired) electrons. The zero-order valence-electron chi connectivity index (χ0n) is 18.3. The molecule has 1 N–H and O–H groups in total. The van der Waals surface area contributed by atoms with Crippen molar-refractivity contribution in [2.75, 3.05) is 13.7 Å². The summed E-state index contributed by atoms with van der Waals surface area (Å²) >= 11 is 0. The number of nitrogens with zero attached hydrogens (tertiary/aromatic N) is 1. The van der Waals surface area contributed by atoms with E-state index in [-0.39, 0.29) is 6.61 Å². The van der Waals surface area contributed by atoms with Crippen LogP contribution in [0.25, 0.3) is 0 Å². The fraction of sp³-hybridized carbons (Fsp3) is 0.591. The van der Waals surface area contributed by atoms with Gasteiger partial charge in [-0.2, -0.15) is 0 Å². The van der Waals surface area contributed by atoms with Crippen molar-refractivity contribution in [3.8, 4) is 0 Å². The number of hydrogen-bond donors (Lipinski definition) is 1. The number of ether oxygens (including phenoxy) is 3. The molecule has 1 aromatic rings. The number of benzene rings is 1. The van der Waals surface area contributed by atoms with Crippen LogP contribution in [0.2, 0.25) is 0 Å². The molecular formula is C22H32N2O6. The molecule has 1 heterocycles. The SMILES string of the molecule is CC[C@@H](C(=O)OC)[C@@H]1[C@@H](NC(=O)OC(C)(C)C)CCN1C(=O)OCc1ccccc1. The minimum Gasteiger partial charge on any atom is -0.469 e. The fourth-order valence-electron chi connectivity index (χ4n) is 3.64. The average molecular weight is 421 g/mol. The Hall–Kier alpha value is -2.77. The third-order valence-corrected chi connectivity index (χ3v) is 4.95. The third kappa shape index (κ3) is 6.37. The first kappa shape index (κ1) is 23.5. The first-order valence-electron chi connectivity index (χ1n) is 10.2. The Bertz CT molecular complexity index is 731. The van der Waals surface area contributed by atoms with E-state index in [9.17, 15) is 14.4 Å². The molecule has 0 bridgehead atoms. The van der Waals surface area contributed by atoms with Gasteiger partial charge < -0.3 is 24.4 Å². The second-order valence-electron chi connectivity index (χ2n) is 8.30. The fourth-order valence-corrected chi connectivity index (χ4v) is 3.64. The van der Waals surface area contributed by atoms with Gasteiger partial charge in [0.15, 0.2) is 0 Å². The van der Waals surface area contributed by atoms with Crippen LogP contribution >= 0.6 is 0 Å². The molecule has 1 aliphatic heterocycles. The molecule has 8 nitrogen and oxygen atoms in total. The third-order valence-electron chi connectivity index (χ3n) is 4.95. The van der Waals surface area contributed by atoms with Gasteiger partial charge >= 0.3 is 18.2 Å². The highest BCUT2D eigenvalue weighted by Crippen LogP contribution is 2.29. The molecule has 8 heteroatoms. The number of esters is 1. The lowest BCUT2D eigenvalue weighted by molar-refractivity contribution is -0.147. The lowest BCUT2D eigenvalue weighted by Gasteiger charge is -2.33. The topological polar surface area (TPSA) is 94.2 Å². The molecule has 2 rings (SSSR count). The van der Waals surface area contributed by atoms with Crippen LogP contribution < -0.4 is 5.32 Å². The summed E-state index contributed by atoms with van der Waals surface area (Å²) in [5.41, 5.74) is 0.212. The maximum atomic E-state index is 12.8. The molecule has 1 fully saturated rings. The molecule has 1 aromatic carbocycles. The first-order valence-corrected chi connectivity index (χ1v) is 10.2. The number of alkyl carbamates (subject to hydrolysis) is 1. The van der Waals surface area contributed by atoms with Crippen molar-refractivity contribution in [3.05, 3.63) is 35.9 Å². The van der Waals surface area contributed by atoms with E-state index in [4.69, 9.17) is 14.2 Å². The second kappa shape index (κ2) is 10.3. The van der Waals surface area contributed by atoms with Gasteiger partial charge in [-0.05, 0) is 39.2 Å². The Balaban J connectivity index is 2.15. The van der Waals surface area contributed by atoms with Crippen LogP contribution in [0, 0.1) is 5.92 Å². The molecule has 0 saturated carbocycles. The van der Waals surface area contributed by atoms with E-state index >= 15 is 0 Å². The average Bonchev–Trinajstić information content (AvgIpc) is 3.09. The highest BCUT2D eigenvalue weighted by atomic mass is 16.6. The van der Waals surface area contributed by atoms with Gasteiger partial charge in [0.25, 0.3) is 0 Å². The van der Waals surface area contributed by atoms with Crippen LogP contribution in [0.4, 0.5) is 9.59 Å². The molecule has 3 atom stereocenters. The molecule has 0 unspecified atom stereocenters. The lowest BCUT2D eigenvalue weighted by Crippen LogP contribution is -2.53. The number of carbonyl (C=O) groups is 3. The minimum atomic E-state index is -0.654. The lowest BCUT2D eigenvalue weighted by atomic mass is 9.91. The maximum Gasteiger partial charge on any atom is 0.410 e. The van der Waals surface area contributed by atoms with Crippen molar-refractivity contribution in [1.82, 2.24) is 10.2 Å². The number of amides is 2. The van der Waals surface area contributed by atoms with Crippen molar-refractivity contribution >= 4 is 18.2 Å². The number of nitrogens with one attached hydrogen (secondary N) is 1. The molecule has 30 heavy (non-hydrogen) atoms. The normalized spacial score (nSPS) is 19.7. The Morgan fingerprint density at radius 3 is 2.43 bits per heavy atom. The van der Waals surface area contributed by atoms with Crippen molar-refractivity contribution in [2.24, 2.45) is 5.92 Å². The molecular weight excluding hydrogens is 388 g/mol. The molecule has 1 aliphatic rings. The van der Waals surface area contributed by atoms with E-state index < -0.39 is 41.8 Å². The number of likely N-dealkylation sites (tertiary alicyclic amines) is 1. The summed E-state index contributed by atoms with van der Waals surface area (Å²) in [6, 6.07) is 8.32. The summed E-state index contributed by atoms with van der Waals surface area (Å²) in [4.78, 5) is 39.0. The molecule has 166 valence electrons. The predicted molar refractivity (Wildman–Crippen MR) is 111 cm³/mol. The van der Waals surface area contributed by atoms with Crippen LogP contribution in [0.5, 0.6) is 0 Å². The summed E-state index contributed by atoms with van der Waals surface area (Å²) in [7, 11) is 1.31. The van der Waals surface area contributed by atoms with Gasteiger partial charge in [0.1, 0.15) is 12.2 Å². The van der Waals surface area contributed by atoms with Crippen LogP contribution in [0.3, 0.4) is 0 Å². The summed E-state index contributed by atoms with van der Waals surface area (Å²) in [6.07, 6.45) is -0.180. The molecule has 0 aromatic heterocycles. The quantitative estimate of drug-likeness (QED) is 0.559. The Morgan fingerprint density at radius 2 is 1.87 bits per heavy atom. The zero-order chi connectivity index (χ0) is 22.3. The molecule has 0 spiro atoms. The summed E-state index contributed by atoms with van der Waals surface area (Å²) in [5, 5.41) is 2.82. The minimum absolute atomic E-state index is 0.127. The number of carbonyl (C=O) groups excluding carboxylic acids is 3. The number of hydrogen-bond acceptors (Lipinski definition) is 6. The van der Waals surface area contributed by atoms with E-state index in [1.165, 1.54) is 12.0 Å². The summed E-state index contributed by atoms with van der Waals surface area (Å²) in [5.74, 6) is -1.03. The van der Waals surface area contributed by atoms with Crippen LogP contribution in [0.1, 0.15) is 46.1 Å². The second-order valence-corrected chi connectivity index (χ2v) is 8.30. The van der Waals surface area contributed by atoms with Crippen LogP contribution in [0.15, 0.2) is 30.3 Å². The highest BCUT2D eigenvalue weighted by Gasteiger charge is 2.46. The zero-order valence-corrected chi connectivity index (χ0v) is 18.3. The summed E-state index contributed by atoms with van der Waals surface area (Å²) in [6.45, 7) is 7.64. The van der Waals surface area contributed by atoms with Gasteiger partial charge in [-0.15, -0.1) is 0 Å². The van der Waals surface area contributed by atoms with Gasteiger partial charge in [0.2, 0.25) is 0 Å². The van der Waals surface area contributed by atoms with Crippen molar-refractivity contribution in [2.45, 2.75) is 64.8 Å². The first-order chi connectivity index (χ1) is 14.2. The van der Waals surface area contributed by atoms with E-state index in [2.05, 4.69) is 5.32 Å². The van der Waals surface area contributed by atoms with Crippen molar-refractivity contribution in [1.29, 1.82) is 0 Å². The predicted octanol–water partition coefficient (Wildman–Crippen LogP) is 3.49.